The number of carboxylic acid groups (broad SMARTS) is 1. The summed E-state index contributed by atoms with van der Waals surface area (Å²) in [5, 5.41) is 11.5. The van der Waals surface area contributed by atoms with Gasteiger partial charge in [0.2, 0.25) is 0 Å². The number of carboxylic acids is 1. The Kier molecular flexibility index (Phi) is 7.23. The summed E-state index contributed by atoms with van der Waals surface area (Å²) < 4.78 is 10.1. The second-order valence-corrected chi connectivity index (χ2v) is 3.95. The van der Waals surface area contributed by atoms with Gasteiger partial charge >= 0.3 is 5.97 Å². The molecule has 0 atom stereocenters. The maximum atomic E-state index is 11.8. The van der Waals surface area contributed by atoms with Gasteiger partial charge in [0.05, 0.1) is 13.2 Å². The molecule has 1 rings (SSSR count). The van der Waals surface area contributed by atoms with Gasteiger partial charge in [-0.15, -0.1) is 0 Å². The van der Waals surface area contributed by atoms with Crippen LogP contribution in [0.15, 0.2) is 18.3 Å². The first-order chi connectivity index (χ1) is 9.65. The first-order valence-corrected chi connectivity index (χ1v) is 6.19. The maximum Gasteiger partial charge on any atom is 0.354 e. The molecule has 7 nitrogen and oxygen atoms in total. The number of hydrogen-bond donors (Lipinski definition) is 2. The predicted octanol–water partition coefficient (Wildman–Crippen LogP) is 0.563. The second kappa shape index (κ2) is 9.00. The molecule has 0 aliphatic rings. The summed E-state index contributed by atoms with van der Waals surface area (Å²) in [6.45, 7) is 2.05. The molecule has 2 N–H and O–H groups in total. The fourth-order valence-electron chi connectivity index (χ4n) is 1.41. The van der Waals surface area contributed by atoms with E-state index in [9.17, 15) is 9.59 Å². The van der Waals surface area contributed by atoms with E-state index >= 15 is 0 Å². The van der Waals surface area contributed by atoms with Crippen LogP contribution in [0, 0.1) is 0 Å². The van der Waals surface area contributed by atoms with E-state index in [2.05, 4.69) is 10.3 Å². The number of nitrogens with one attached hydrogen (secondary N) is 1. The number of aromatic carboxylic acids is 1. The number of carbonyl (C=O) groups excluding carboxylic acids is 1. The molecule has 1 aromatic rings. The van der Waals surface area contributed by atoms with Gasteiger partial charge < -0.3 is 19.9 Å². The molecule has 0 aliphatic carbocycles. The lowest BCUT2D eigenvalue weighted by molar-refractivity contribution is 0.0688. The Labute approximate surface area is 116 Å². The molecular formula is C13H18N2O5. The van der Waals surface area contributed by atoms with Gasteiger partial charge in [-0.3, -0.25) is 4.79 Å². The van der Waals surface area contributed by atoms with Crippen molar-refractivity contribution in [2.45, 2.75) is 6.42 Å². The number of pyridine rings is 1. The first kappa shape index (κ1) is 16.1. The van der Waals surface area contributed by atoms with Crippen LogP contribution in [-0.2, 0) is 9.47 Å². The van der Waals surface area contributed by atoms with Gasteiger partial charge in [-0.1, -0.05) is 0 Å². The van der Waals surface area contributed by atoms with Crippen LogP contribution >= 0.6 is 0 Å². The Morgan fingerprint density at radius 3 is 2.85 bits per heavy atom. The summed E-state index contributed by atoms with van der Waals surface area (Å²) in [5.74, 6) is -1.49. The molecule has 1 amide bonds. The lowest BCUT2D eigenvalue weighted by Gasteiger charge is -2.06. The molecule has 110 valence electrons. The van der Waals surface area contributed by atoms with E-state index in [1.165, 1.54) is 18.3 Å². The molecular weight excluding hydrogens is 264 g/mol. The molecule has 0 aliphatic heterocycles. The average molecular weight is 282 g/mol. The fraction of sp³-hybridized carbons (Fsp3) is 0.462. The zero-order valence-electron chi connectivity index (χ0n) is 11.3. The Balaban J connectivity index is 2.29. The van der Waals surface area contributed by atoms with E-state index in [0.717, 1.165) is 0 Å². The molecule has 20 heavy (non-hydrogen) atoms. The summed E-state index contributed by atoms with van der Waals surface area (Å²) in [5.41, 5.74) is 0.123. The monoisotopic (exact) mass is 282 g/mol. The van der Waals surface area contributed by atoms with Crippen molar-refractivity contribution in [3.8, 4) is 0 Å². The Morgan fingerprint density at radius 1 is 1.35 bits per heavy atom. The number of hydrogen-bond acceptors (Lipinski definition) is 5. The number of methoxy groups -OCH3 is 1. The van der Waals surface area contributed by atoms with Crippen molar-refractivity contribution in [3.63, 3.8) is 0 Å². The minimum atomic E-state index is -1.16. The molecule has 1 aromatic heterocycles. The minimum absolute atomic E-state index is 0.152. The Hall–Kier alpha value is -1.99. The topological polar surface area (TPSA) is 97.8 Å². The highest BCUT2D eigenvalue weighted by Crippen LogP contribution is 2.02. The van der Waals surface area contributed by atoms with Gasteiger partial charge in [0.15, 0.2) is 0 Å². The van der Waals surface area contributed by atoms with Crippen LogP contribution in [0.5, 0.6) is 0 Å². The summed E-state index contributed by atoms with van der Waals surface area (Å²) in [4.78, 5) is 26.2. The molecule has 0 radical (unpaired) electrons. The zero-order chi connectivity index (χ0) is 14.8. The molecule has 0 unspecified atom stereocenters. The zero-order valence-corrected chi connectivity index (χ0v) is 11.3. The van der Waals surface area contributed by atoms with Crippen molar-refractivity contribution < 1.29 is 24.2 Å². The van der Waals surface area contributed by atoms with Crippen LogP contribution < -0.4 is 5.32 Å². The highest BCUT2D eigenvalue weighted by molar-refractivity contribution is 5.96. The third kappa shape index (κ3) is 5.77. The number of ether oxygens (including phenoxy) is 2. The highest BCUT2D eigenvalue weighted by atomic mass is 16.5. The molecule has 0 saturated heterocycles. The summed E-state index contributed by atoms with van der Waals surface area (Å²) >= 11 is 0. The molecule has 0 aromatic carbocycles. The van der Waals surface area contributed by atoms with Gasteiger partial charge in [-0.25, -0.2) is 9.78 Å². The third-order valence-corrected chi connectivity index (χ3v) is 2.42. The van der Waals surface area contributed by atoms with E-state index in [0.29, 0.717) is 32.8 Å². The fourth-order valence-corrected chi connectivity index (χ4v) is 1.41. The van der Waals surface area contributed by atoms with Gasteiger partial charge in [-0.05, 0) is 18.6 Å². The quantitative estimate of drug-likeness (QED) is 0.642. The largest absolute Gasteiger partial charge is 0.477 e. The SMILES string of the molecule is COCCOCCCNC(=O)c1ccnc(C(=O)O)c1. The van der Waals surface area contributed by atoms with Gasteiger partial charge in [0.25, 0.3) is 5.91 Å². The van der Waals surface area contributed by atoms with E-state index in [1.54, 1.807) is 7.11 Å². The number of aromatic nitrogens is 1. The van der Waals surface area contributed by atoms with Crippen molar-refractivity contribution in [3.05, 3.63) is 29.6 Å². The lowest BCUT2D eigenvalue weighted by atomic mass is 10.2. The van der Waals surface area contributed by atoms with E-state index in [-0.39, 0.29) is 17.2 Å². The van der Waals surface area contributed by atoms with Crippen LogP contribution in [-0.4, -0.2) is 55.4 Å². The number of rotatable bonds is 9. The van der Waals surface area contributed by atoms with E-state index in [1.807, 2.05) is 0 Å². The second-order valence-electron chi connectivity index (χ2n) is 3.95. The number of carbonyl (C=O) groups is 2. The molecule has 0 bridgehead atoms. The number of amides is 1. The predicted molar refractivity (Wildman–Crippen MR) is 70.8 cm³/mol. The molecule has 7 heteroatoms. The van der Waals surface area contributed by atoms with Crippen LogP contribution in [0.1, 0.15) is 27.3 Å². The van der Waals surface area contributed by atoms with Crippen LogP contribution in [0.25, 0.3) is 0 Å². The van der Waals surface area contributed by atoms with Crippen LogP contribution in [0.4, 0.5) is 0 Å². The van der Waals surface area contributed by atoms with Crippen molar-refractivity contribution in [1.82, 2.24) is 10.3 Å². The van der Waals surface area contributed by atoms with E-state index < -0.39 is 5.97 Å². The van der Waals surface area contributed by atoms with Gasteiger partial charge in [0.1, 0.15) is 5.69 Å². The van der Waals surface area contributed by atoms with E-state index in [4.69, 9.17) is 14.6 Å². The minimum Gasteiger partial charge on any atom is -0.477 e. The van der Waals surface area contributed by atoms with Crippen molar-refractivity contribution in [1.29, 1.82) is 0 Å². The third-order valence-electron chi connectivity index (χ3n) is 2.42. The lowest BCUT2D eigenvalue weighted by Crippen LogP contribution is -2.25. The molecule has 1 heterocycles. The summed E-state index contributed by atoms with van der Waals surface area (Å²) in [7, 11) is 1.60. The van der Waals surface area contributed by atoms with Crippen molar-refractivity contribution in [2.75, 3.05) is 33.5 Å². The molecule has 0 fully saturated rings. The maximum absolute atomic E-state index is 11.8. The van der Waals surface area contributed by atoms with Crippen LogP contribution in [0.2, 0.25) is 0 Å². The number of nitrogens with zero attached hydrogens (tertiary/aromatic N) is 1. The standard InChI is InChI=1S/C13H18N2O5/c1-19-7-8-20-6-2-4-15-12(16)10-3-5-14-11(9-10)13(17)18/h3,5,9H,2,4,6-8H2,1H3,(H,15,16)(H,17,18). The average Bonchev–Trinajstić information content (AvgIpc) is 2.46. The Bertz CT molecular complexity index is 450. The Morgan fingerprint density at radius 2 is 2.15 bits per heavy atom. The summed E-state index contributed by atoms with van der Waals surface area (Å²) in [6.07, 6.45) is 1.97. The normalized spacial score (nSPS) is 10.2. The smallest absolute Gasteiger partial charge is 0.354 e. The van der Waals surface area contributed by atoms with Crippen LogP contribution in [0.3, 0.4) is 0 Å². The van der Waals surface area contributed by atoms with Crippen molar-refractivity contribution in [2.24, 2.45) is 0 Å². The molecule has 0 spiro atoms. The first-order valence-electron chi connectivity index (χ1n) is 6.19. The summed E-state index contributed by atoms with van der Waals surface area (Å²) in [6, 6.07) is 2.71. The highest BCUT2D eigenvalue weighted by Gasteiger charge is 2.09. The molecule has 0 saturated carbocycles. The van der Waals surface area contributed by atoms with Gasteiger partial charge in [-0.2, -0.15) is 0 Å². The van der Waals surface area contributed by atoms with Gasteiger partial charge in [0, 0.05) is 32.0 Å². The van der Waals surface area contributed by atoms with Crippen molar-refractivity contribution >= 4 is 11.9 Å².